The van der Waals surface area contributed by atoms with Gasteiger partial charge in [-0.3, -0.25) is 4.21 Å². The Morgan fingerprint density at radius 1 is 1.10 bits per heavy atom. The molecule has 0 aliphatic heterocycles. The maximum Gasteiger partial charge on any atom is 0.0579 e. The lowest BCUT2D eigenvalue weighted by Crippen LogP contribution is -2.41. The molecular weight excluding hydrogens is 266 g/mol. The van der Waals surface area contributed by atoms with Crippen LogP contribution < -0.4 is 5.32 Å². The first kappa shape index (κ1) is 15.7. The van der Waals surface area contributed by atoms with Crippen molar-refractivity contribution in [3.8, 4) is 0 Å². The molecule has 0 radical (unpaired) electrons. The van der Waals surface area contributed by atoms with Gasteiger partial charge in [-0.15, -0.1) is 0 Å². The van der Waals surface area contributed by atoms with E-state index in [2.05, 4.69) is 37.4 Å². The third-order valence-corrected chi connectivity index (χ3v) is 6.40. The second-order valence-electron chi connectivity index (χ2n) is 5.99. The molecule has 1 aliphatic rings. The lowest BCUT2D eigenvalue weighted by molar-refractivity contribution is 0.414. The van der Waals surface area contributed by atoms with Crippen LogP contribution in [-0.4, -0.2) is 22.5 Å². The van der Waals surface area contributed by atoms with Crippen molar-refractivity contribution >= 4 is 10.8 Å². The van der Waals surface area contributed by atoms with Crippen LogP contribution in [0.1, 0.15) is 49.7 Å². The zero-order valence-corrected chi connectivity index (χ0v) is 13.8. The van der Waals surface area contributed by atoms with E-state index in [-0.39, 0.29) is 5.25 Å². The van der Waals surface area contributed by atoms with E-state index in [4.69, 9.17) is 0 Å². The van der Waals surface area contributed by atoms with Gasteiger partial charge in [-0.2, -0.15) is 0 Å². The van der Waals surface area contributed by atoms with Crippen LogP contribution in [-0.2, 0) is 10.8 Å². The molecule has 1 aromatic rings. The first-order valence-electron chi connectivity index (χ1n) is 7.78. The quantitative estimate of drug-likeness (QED) is 0.920. The van der Waals surface area contributed by atoms with Gasteiger partial charge in [-0.25, -0.2) is 0 Å². The minimum absolute atomic E-state index is 0.251. The topological polar surface area (TPSA) is 29.1 Å². The smallest absolute Gasteiger partial charge is 0.0579 e. The summed E-state index contributed by atoms with van der Waals surface area (Å²) in [6, 6.07) is 6.69. The highest BCUT2D eigenvalue weighted by Gasteiger charge is 2.28. The van der Waals surface area contributed by atoms with Gasteiger partial charge >= 0.3 is 0 Å². The normalized spacial score (nSPS) is 25.8. The van der Waals surface area contributed by atoms with Gasteiger partial charge in [0.25, 0.3) is 0 Å². The van der Waals surface area contributed by atoms with E-state index in [0.717, 1.165) is 23.3 Å². The first-order chi connectivity index (χ1) is 9.63. The highest BCUT2D eigenvalue weighted by Crippen LogP contribution is 2.27. The summed E-state index contributed by atoms with van der Waals surface area (Å²) in [6.45, 7) is 4.15. The molecule has 20 heavy (non-hydrogen) atoms. The van der Waals surface area contributed by atoms with Crippen molar-refractivity contribution in [1.29, 1.82) is 0 Å². The molecular formula is C17H27NOS. The summed E-state index contributed by atoms with van der Waals surface area (Å²) < 4.78 is 13.1. The van der Waals surface area contributed by atoms with Gasteiger partial charge in [0.1, 0.15) is 0 Å². The van der Waals surface area contributed by atoms with Crippen molar-refractivity contribution < 1.29 is 4.21 Å². The summed E-state index contributed by atoms with van der Waals surface area (Å²) in [6.07, 6.45) is 7.30. The highest BCUT2D eigenvalue weighted by molar-refractivity contribution is 7.85. The van der Waals surface area contributed by atoms with Crippen LogP contribution in [0, 0.1) is 13.8 Å². The lowest BCUT2D eigenvalue weighted by atomic mass is 9.96. The fourth-order valence-electron chi connectivity index (χ4n) is 3.12. The molecule has 0 bridgehead atoms. The van der Waals surface area contributed by atoms with Crippen molar-refractivity contribution in [2.24, 2.45) is 0 Å². The van der Waals surface area contributed by atoms with E-state index >= 15 is 0 Å². The Kier molecular flexibility index (Phi) is 5.79. The average Bonchev–Trinajstić information content (AvgIpc) is 2.41. The van der Waals surface area contributed by atoms with E-state index in [9.17, 15) is 4.21 Å². The zero-order chi connectivity index (χ0) is 14.5. The van der Waals surface area contributed by atoms with Gasteiger partial charge < -0.3 is 5.32 Å². The van der Waals surface area contributed by atoms with E-state index in [1.54, 1.807) is 0 Å². The summed E-state index contributed by atoms with van der Waals surface area (Å²) in [5.74, 6) is 0. The molecule has 3 unspecified atom stereocenters. The summed E-state index contributed by atoms with van der Waals surface area (Å²) in [5.41, 5.74) is 2.36. The zero-order valence-electron chi connectivity index (χ0n) is 12.9. The number of hydrogen-bond donors (Lipinski definition) is 1. The number of hydrogen-bond acceptors (Lipinski definition) is 2. The molecule has 1 N–H and O–H groups in total. The first-order valence-corrected chi connectivity index (χ1v) is 9.00. The molecule has 3 atom stereocenters. The van der Waals surface area contributed by atoms with Crippen LogP contribution in [0.3, 0.4) is 0 Å². The SMILES string of the molecule is CNC1CCCCCCC1S(=O)c1cc(C)ccc1C. The minimum atomic E-state index is -0.903. The van der Waals surface area contributed by atoms with Gasteiger partial charge in [-0.1, -0.05) is 37.8 Å². The lowest BCUT2D eigenvalue weighted by Gasteiger charge is -2.29. The molecule has 0 saturated heterocycles. The van der Waals surface area contributed by atoms with E-state index in [0.29, 0.717) is 6.04 Å². The van der Waals surface area contributed by atoms with Crippen molar-refractivity contribution in [2.45, 2.75) is 68.6 Å². The molecule has 0 amide bonds. The molecule has 112 valence electrons. The Labute approximate surface area is 125 Å². The van der Waals surface area contributed by atoms with E-state index in [1.807, 2.05) is 7.05 Å². The maximum atomic E-state index is 13.1. The van der Waals surface area contributed by atoms with Crippen LogP contribution in [0.4, 0.5) is 0 Å². The Hall–Kier alpha value is -0.670. The largest absolute Gasteiger partial charge is 0.316 e. The number of benzene rings is 1. The third kappa shape index (κ3) is 3.70. The number of rotatable bonds is 3. The summed E-state index contributed by atoms with van der Waals surface area (Å²) in [7, 11) is 1.11. The number of aryl methyl sites for hydroxylation is 2. The highest BCUT2D eigenvalue weighted by atomic mass is 32.2. The van der Waals surface area contributed by atoms with Gasteiger partial charge in [0.2, 0.25) is 0 Å². The van der Waals surface area contributed by atoms with Gasteiger partial charge in [-0.05, 0) is 50.9 Å². The molecule has 2 nitrogen and oxygen atoms in total. The summed E-state index contributed by atoms with van der Waals surface area (Å²) in [4.78, 5) is 1.04. The van der Waals surface area contributed by atoms with Crippen LogP contribution in [0.2, 0.25) is 0 Å². The molecule has 1 aliphatic carbocycles. The molecule has 1 saturated carbocycles. The van der Waals surface area contributed by atoms with Crippen molar-refractivity contribution in [3.05, 3.63) is 29.3 Å². The predicted molar refractivity (Wildman–Crippen MR) is 86.7 cm³/mol. The van der Waals surface area contributed by atoms with Crippen LogP contribution in [0.25, 0.3) is 0 Å². The Bertz CT molecular complexity index is 472. The standard InChI is InChI=1S/C17H27NOS/c1-13-10-11-14(2)17(12-13)20(19)16-9-7-5-4-6-8-15(16)18-3/h10-12,15-16,18H,4-9H2,1-3H3. The van der Waals surface area contributed by atoms with Gasteiger partial charge in [0.05, 0.1) is 16.0 Å². The second-order valence-corrected chi connectivity index (χ2v) is 7.63. The third-order valence-electron chi connectivity index (χ3n) is 4.41. The average molecular weight is 293 g/mol. The molecule has 3 heteroatoms. The van der Waals surface area contributed by atoms with E-state index < -0.39 is 10.8 Å². The fourth-order valence-corrected chi connectivity index (χ4v) is 5.09. The summed E-state index contributed by atoms with van der Waals surface area (Å²) >= 11 is 0. The maximum absolute atomic E-state index is 13.1. The van der Waals surface area contributed by atoms with Crippen LogP contribution >= 0.6 is 0 Å². The Morgan fingerprint density at radius 2 is 1.80 bits per heavy atom. The summed E-state index contributed by atoms with van der Waals surface area (Å²) in [5, 5.41) is 3.66. The minimum Gasteiger partial charge on any atom is -0.316 e. The van der Waals surface area contributed by atoms with Crippen LogP contribution in [0.5, 0.6) is 0 Å². The molecule has 1 aromatic carbocycles. The van der Waals surface area contributed by atoms with Crippen LogP contribution in [0.15, 0.2) is 23.1 Å². The molecule has 0 heterocycles. The van der Waals surface area contributed by atoms with Gasteiger partial charge in [0.15, 0.2) is 0 Å². The van der Waals surface area contributed by atoms with Crippen molar-refractivity contribution in [2.75, 3.05) is 7.05 Å². The van der Waals surface area contributed by atoms with Gasteiger partial charge in [0, 0.05) is 10.9 Å². The fraction of sp³-hybridized carbons (Fsp3) is 0.647. The molecule has 2 rings (SSSR count). The Morgan fingerprint density at radius 3 is 2.50 bits per heavy atom. The molecule has 0 aromatic heterocycles. The van der Waals surface area contributed by atoms with E-state index in [1.165, 1.54) is 31.2 Å². The molecule has 1 fully saturated rings. The molecule has 0 spiro atoms. The predicted octanol–water partition coefficient (Wildman–Crippen LogP) is 3.72. The Balaban J connectivity index is 2.25. The monoisotopic (exact) mass is 293 g/mol. The second kappa shape index (κ2) is 7.37. The van der Waals surface area contributed by atoms with Crippen molar-refractivity contribution in [1.82, 2.24) is 5.32 Å². The van der Waals surface area contributed by atoms with Crippen molar-refractivity contribution in [3.63, 3.8) is 0 Å². The number of nitrogens with one attached hydrogen (secondary N) is 1.